The van der Waals surface area contributed by atoms with Crippen LogP contribution in [0.1, 0.15) is 52.0 Å². The van der Waals surface area contributed by atoms with Crippen molar-refractivity contribution in [1.29, 1.82) is 0 Å². The number of hydrogen-bond acceptors (Lipinski definition) is 3. The topological polar surface area (TPSA) is 65.5 Å². The van der Waals surface area contributed by atoms with Gasteiger partial charge in [-0.15, -0.1) is 24.0 Å². The van der Waals surface area contributed by atoms with Crippen LogP contribution in [0, 0.1) is 0 Å². The Kier molecular flexibility index (Phi) is 13.0. The third-order valence-electron chi connectivity index (χ3n) is 3.64. The molecular weight excluding hydrogens is 435 g/mol. The van der Waals surface area contributed by atoms with Crippen molar-refractivity contribution >= 4 is 47.2 Å². The van der Waals surface area contributed by atoms with Gasteiger partial charge in [-0.25, -0.2) is 0 Å². The zero-order valence-corrected chi connectivity index (χ0v) is 18.2. The number of halogens is 1. The Balaban J connectivity index is 0.00000529. The molecule has 1 amide bonds. The van der Waals surface area contributed by atoms with Crippen LogP contribution in [0.3, 0.4) is 0 Å². The lowest BCUT2D eigenvalue weighted by atomic mass is 10.1. The largest absolute Gasteiger partial charge is 0.357 e. The molecule has 0 aromatic carbocycles. The number of nitrogens with zero attached hydrogens (tertiary/aromatic N) is 1. The molecule has 0 bridgehead atoms. The van der Waals surface area contributed by atoms with Crippen LogP contribution in [0.15, 0.2) is 21.8 Å². The SMILES string of the molecule is CCNC(=NCC(C)c1ccsc1)NCCC(=O)NC(C)CC.I. The number of carbonyl (C=O) groups excluding carboxylic acids is 1. The van der Waals surface area contributed by atoms with Gasteiger partial charge in [0.05, 0.1) is 0 Å². The van der Waals surface area contributed by atoms with Crippen molar-refractivity contribution in [3.63, 3.8) is 0 Å². The molecule has 0 fully saturated rings. The van der Waals surface area contributed by atoms with Gasteiger partial charge < -0.3 is 16.0 Å². The second-order valence-electron chi connectivity index (χ2n) is 5.73. The lowest BCUT2D eigenvalue weighted by molar-refractivity contribution is -0.121. The molecule has 0 aliphatic rings. The number of nitrogens with one attached hydrogen (secondary N) is 3. The monoisotopic (exact) mass is 466 g/mol. The second-order valence-corrected chi connectivity index (χ2v) is 6.51. The molecule has 2 unspecified atom stereocenters. The molecule has 1 rings (SSSR count). The summed E-state index contributed by atoms with van der Waals surface area (Å²) in [6.45, 7) is 10.4. The zero-order chi connectivity index (χ0) is 17.1. The van der Waals surface area contributed by atoms with Crippen LogP contribution in [0.2, 0.25) is 0 Å². The summed E-state index contributed by atoms with van der Waals surface area (Å²) in [6.07, 6.45) is 1.40. The summed E-state index contributed by atoms with van der Waals surface area (Å²) in [5, 5.41) is 13.7. The van der Waals surface area contributed by atoms with Crippen LogP contribution in [-0.4, -0.2) is 37.5 Å². The molecule has 0 aliphatic carbocycles. The average molecular weight is 466 g/mol. The molecule has 24 heavy (non-hydrogen) atoms. The first-order valence-corrected chi connectivity index (χ1v) is 9.34. The zero-order valence-electron chi connectivity index (χ0n) is 15.1. The van der Waals surface area contributed by atoms with E-state index in [1.54, 1.807) is 11.3 Å². The Morgan fingerprint density at radius 1 is 1.29 bits per heavy atom. The summed E-state index contributed by atoms with van der Waals surface area (Å²) in [4.78, 5) is 16.4. The first-order valence-electron chi connectivity index (χ1n) is 8.40. The van der Waals surface area contributed by atoms with Crippen LogP contribution in [0.5, 0.6) is 0 Å². The molecule has 0 aliphatic heterocycles. The number of aliphatic imine (C=N–C) groups is 1. The van der Waals surface area contributed by atoms with E-state index in [9.17, 15) is 4.79 Å². The fourth-order valence-corrected chi connectivity index (χ4v) is 2.76. The Hall–Kier alpha value is -0.830. The number of carbonyl (C=O) groups is 1. The Morgan fingerprint density at radius 2 is 2.04 bits per heavy atom. The van der Waals surface area contributed by atoms with Crippen molar-refractivity contribution in [3.05, 3.63) is 22.4 Å². The fourth-order valence-electron chi connectivity index (χ4n) is 1.97. The summed E-state index contributed by atoms with van der Waals surface area (Å²) >= 11 is 1.71. The van der Waals surface area contributed by atoms with E-state index in [2.05, 4.69) is 51.6 Å². The van der Waals surface area contributed by atoms with Gasteiger partial charge in [-0.1, -0.05) is 13.8 Å². The molecule has 1 aromatic rings. The highest BCUT2D eigenvalue weighted by atomic mass is 127. The van der Waals surface area contributed by atoms with Gasteiger partial charge in [0.1, 0.15) is 0 Å². The van der Waals surface area contributed by atoms with Crippen LogP contribution in [0.4, 0.5) is 0 Å². The Morgan fingerprint density at radius 3 is 2.62 bits per heavy atom. The highest BCUT2D eigenvalue weighted by Crippen LogP contribution is 2.18. The van der Waals surface area contributed by atoms with E-state index in [0.29, 0.717) is 18.9 Å². The number of amides is 1. The van der Waals surface area contributed by atoms with E-state index in [4.69, 9.17) is 0 Å². The molecule has 138 valence electrons. The van der Waals surface area contributed by atoms with E-state index in [1.807, 2.05) is 13.8 Å². The van der Waals surface area contributed by atoms with Crippen molar-refractivity contribution < 1.29 is 4.79 Å². The Bertz CT molecular complexity index is 479. The quantitative estimate of drug-likeness (QED) is 0.297. The minimum absolute atomic E-state index is 0. The van der Waals surface area contributed by atoms with Crippen molar-refractivity contribution in [2.24, 2.45) is 4.99 Å². The molecule has 1 heterocycles. The molecular formula is C17H31IN4OS. The number of guanidine groups is 1. The smallest absolute Gasteiger partial charge is 0.221 e. The van der Waals surface area contributed by atoms with E-state index in [0.717, 1.165) is 25.5 Å². The minimum atomic E-state index is 0. The fraction of sp³-hybridized carbons (Fsp3) is 0.647. The van der Waals surface area contributed by atoms with Crippen LogP contribution < -0.4 is 16.0 Å². The van der Waals surface area contributed by atoms with E-state index in [-0.39, 0.29) is 35.9 Å². The summed E-state index contributed by atoms with van der Waals surface area (Å²) in [5.74, 6) is 1.24. The molecule has 3 N–H and O–H groups in total. The molecule has 5 nitrogen and oxygen atoms in total. The normalized spacial score (nSPS) is 13.6. The van der Waals surface area contributed by atoms with E-state index in [1.165, 1.54) is 5.56 Å². The Labute approximate surface area is 167 Å². The van der Waals surface area contributed by atoms with Gasteiger partial charge in [0.15, 0.2) is 5.96 Å². The lowest BCUT2D eigenvalue weighted by Crippen LogP contribution is -2.40. The average Bonchev–Trinajstić information content (AvgIpc) is 3.06. The summed E-state index contributed by atoms with van der Waals surface area (Å²) < 4.78 is 0. The maximum Gasteiger partial charge on any atom is 0.221 e. The second kappa shape index (κ2) is 13.5. The summed E-state index contributed by atoms with van der Waals surface area (Å²) in [6, 6.07) is 2.38. The predicted molar refractivity (Wildman–Crippen MR) is 115 cm³/mol. The highest BCUT2D eigenvalue weighted by Gasteiger charge is 2.07. The molecule has 0 radical (unpaired) electrons. The van der Waals surface area contributed by atoms with Gasteiger partial charge in [0.25, 0.3) is 0 Å². The van der Waals surface area contributed by atoms with Crippen molar-refractivity contribution in [3.8, 4) is 0 Å². The lowest BCUT2D eigenvalue weighted by Gasteiger charge is -2.14. The third-order valence-corrected chi connectivity index (χ3v) is 4.35. The molecule has 0 spiro atoms. The van der Waals surface area contributed by atoms with Gasteiger partial charge in [-0.2, -0.15) is 11.3 Å². The number of hydrogen-bond donors (Lipinski definition) is 3. The van der Waals surface area contributed by atoms with Crippen LogP contribution in [0.25, 0.3) is 0 Å². The van der Waals surface area contributed by atoms with E-state index < -0.39 is 0 Å². The van der Waals surface area contributed by atoms with Gasteiger partial charge in [0.2, 0.25) is 5.91 Å². The highest BCUT2D eigenvalue weighted by molar-refractivity contribution is 14.0. The first-order chi connectivity index (χ1) is 11.1. The first kappa shape index (κ1) is 23.2. The van der Waals surface area contributed by atoms with Gasteiger partial charge >= 0.3 is 0 Å². The summed E-state index contributed by atoms with van der Waals surface area (Å²) in [7, 11) is 0. The molecule has 1 aromatic heterocycles. The minimum Gasteiger partial charge on any atom is -0.357 e. The maximum absolute atomic E-state index is 11.8. The number of thiophene rings is 1. The molecule has 7 heteroatoms. The van der Waals surface area contributed by atoms with Crippen LogP contribution >= 0.6 is 35.3 Å². The van der Waals surface area contributed by atoms with E-state index >= 15 is 0 Å². The number of rotatable bonds is 9. The van der Waals surface area contributed by atoms with Gasteiger partial charge in [0, 0.05) is 38.0 Å². The third kappa shape index (κ3) is 9.46. The summed E-state index contributed by atoms with van der Waals surface area (Å²) in [5.41, 5.74) is 1.32. The van der Waals surface area contributed by atoms with Gasteiger partial charge in [-0.05, 0) is 42.7 Å². The molecule has 0 saturated carbocycles. The molecule has 0 saturated heterocycles. The van der Waals surface area contributed by atoms with Crippen molar-refractivity contribution in [2.75, 3.05) is 19.6 Å². The van der Waals surface area contributed by atoms with Crippen molar-refractivity contribution in [2.45, 2.75) is 52.5 Å². The van der Waals surface area contributed by atoms with Crippen molar-refractivity contribution in [1.82, 2.24) is 16.0 Å². The standard InChI is InChI=1S/C17H30N4OS.HI/c1-5-14(4)21-16(22)7-9-19-17(18-6-2)20-11-13(3)15-8-10-23-12-15;/h8,10,12-14H,5-7,9,11H2,1-4H3,(H,21,22)(H2,18,19,20);1H. The maximum atomic E-state index is 11.8. The predicted octanol–water partition coefficient (Wildman–Crippen LogP) is 3.33. The molecule has 2 atom stereocenters. The van der Waals surface area contributed by atoms with Gasteiger partial charge in [-0.3, -0.25) is 9.79 Å². The van der Waals surface area contributed by atoms with Crippen LogP contribution in [-0.2, 0) is 4.79 Å².